The Bertz CT molecular complexity index is 1430. The molecular weight excluding hydrogens is 521 g/mol. The highest BCUT2D eigenvalue weighted by molar-refractivity contribution is 7.92. The van der Waals surface area contributed by atoms with Crippen LogP contribution in [0.3, 0.4) is 0 Å². The van der Waals surface area contributed by atoms with Gasteiger partial charge in [-0.2, -0.15) is 4.31 Å². The van der Waals surface area contributed by atoms with E-state index >= 15 is 0 Å². The van der Waals surface area contributed by atoms with E-state index in [1.54, 1.807) is 0 Å². The van der Waals surface area contributed by atoms with Gasteiger partial charge >= 0.3 is 5.97 Å². The molecule has 0 unspecified atom stereocenters. The minimum Gasteiger partial charge on any atom is -0.481 e. The Morgan fingerprint density at radius 2 is 1.84 bits per heavy atom. The number of aliphatic hydroxyl groups excluding tert-OH is 2. The maximum Gasteiger partial charge on any atom is 0.305 e. The standard InChI is InChI=1S/C23H28FN7O6S/c1-13(2)20-18(10-9-16(32)11-17(33)12-19(34)35)21(14-5-7-15(24)8-6-14)26-22(25-20)31(38(4,36)37)23-27-28-29-30(23)3/h5-10,13,16-17,32-33H,11-12H2,1-4H3,(H,34,35)/t16-,17-/m1/s1. The van der Waals surface area contributed by atoms with Gasteiger partial charge in [0.15, 0.2) is 0 Å². The molecule has 1 aromatic carbocycles. The van der Waals surface area contributed by atoms with Crippen molar-refractivity contribution in [2.24, 2.45) is 7.05 Å². The van der Waals surface area contributed by atoms with Gasteiger partial charge in [-0.15, -0.1) is 0 Å². The number of anilines is 2. The van der Waals surface area contributed by atoms with Crippen molar-refractivity contribution in [2.45, 2.75) is 44.8 Å². The number of rotatable bonds is 11. The van der Waals surface area contributed by atoms with Crippen LogP contribution in [0.4, 0.5) is 16.3 Å². The van der Waals surface area contributed by atoms with E-state index in [1.807, 2.05) is 13.8 Å². The van der Waals surface area contributed by atoms with E-state index in [9.17, 15) is 27.8 Å². The highest BCUT2D eigenvalue weighted by Gasteiger charge is 2.30. The zero-order valence-corrected chi connectivity index (χ0v) is 21.9. The number of nitrogens with zero attached hydrogens (tertiary/aromatic N) is 7. The topological polar surface area (TPSA) is 185 Å². The molecule has 3 aromatic rings. The molecule has 13 nitrogen and oxygen atoms in total. The van der Waals surface area contributed by atoms with Gasteiger partial charge in [-0.3, -0.25) is 4.79 Å². The van der Waals surface area contributed by atoms with E-state index in [0.29, 0.717) is 16.8 Å². The second-order valence-corrected chi connectivity index (χ2v) is 10.7. The van der Waals surface area contributed by atoms with Crippen LogP contribution < -0.4 is 4.31 Å². The van der Waals surface area contributed by atoms with Crippen molar-refractivity contribution in [3.05, 3.63) is 47.4 Å². The first-order chi connectivity index (χ1) is 17.8. The van der Waals surface area contributed by atoms with E-state index in [0.717, 1.165) is 15.2 Å². The van der Waals surface area contributed by atoms with E-state index in [4.69, 9.17) is 5.11 Å². The first-order valence-electron chi connectivity index (χ1n) is 11.4. The molecule has 0 saturated carbocycles. The molecule has 0 bridgehead atoms. The van der Waals surface area contributed by atoms with Gasteiger partial charge in [0.1, 0.15) is 5.82 Å². The van der Waals surface area contributed by atoms with Crippen LogP contribution in [0.15, 0.2) is 30.3 Å². The molecule has 0 aliphatic carbocycles. The smallest absolute Gasteiger partial charge is 0.305 e. The first-order valence-corrected chi connectivity index (χ1v) is 13.3. The summed E-state index contributed by atoms with van der Waals surface area (Å²) in [6.45, 7) is 3.64. The van der Waals surface area contributed by atoms with Gasteiger partial charge in [0.05, 0.1) is 36.3 Å². The van der Waals surface area contributed by atoms with E-state index < -0.39 is 40.4 Å². The number of sulfonamides is 1. The fraction of sp³-hybridized carbons (Fsp3) is 0.391. The minimum atomic E-state index is -4.02. The third-order valence-corrected chi connectivity index (χ3v) is 6.32. The molecule has 2 atom stereocenters. The number of carboxylic acid groups (broad SMARTS) is 1. The summed E-state index contributed by atoms with van der Waals surface area (Å²) in [5.74, 6) is -2.37. The van der Waals surface area contributed by atoms with Crippen molar-refractivity contribution >= 4 is 34.0 Å². The number of carbonyl (C=O) groups is 1. The number of aliphatic hydroxyl groups is 2. The molecule has 2 aromatic heterocycles. The molecule has 0 aliphatic rings. The lowest BCUT2D eigenvalue weighted by Gasteiger charge is -2.22. The molecule has 0 saturated heterocycles. The monoisotopic (exact) mass is 549 g/mol. The Kier molecular flexibility index (Phi) is 8.85. The molecule has 204 valence electrons. The summed E-state index contributed by atoms with van der Waals surface area (Å²) in [6.07, 6.45) is 0.570. The Hall–Kier alpha value is -3.82. The molecule has 3 rings (SSSR count). The molecule has 0 radical (unpaired) electrons. The van der Waals surface area contributed by atoms with Crippen LogP contribution in [0.1, 0.15) is 43.9 Å². The predicted molar refractivity (Wildman–Crippen MR) is 135 cm³/mol. The van der Waals surface area contributed by atoms with Crippen molar-refractivity contribution in [3.8, 4) is 11.3 Å². The largest absolute Gasteiger partial charge is 0.481 e. The van der Waals surface area contributed by atoms with Crippen molar-refractivity contribution in [1.29, 1.82) is 0 Å². The number of aliphatic carboxylic acids is 1. The van der Waals surface area contributed by atoms with Gasteiger partial charge in [0.2, 0.25) is 16.0 Å². The van der Waals surface area contributed by atoms with Crippen molar-refractivity contribution in [3.63, 3.8) is 0 Å². The number of hydrogen-bond donors (Lipinski definition) is 3. The van der Waals surface area contributed by atoms with Crippen LogP contribution >= 0.6 is 0 Å². The number of hydrogen-bond acceptors (Lipinski definition) is 10. The van der Waals surface area contributed by atoms with E-state index in [2.05, 4.69) is 25.5 Å². The lowest BCUT2D eigenvalue weighted by atomic mass is 9.97. The Morgan fingerprint density at radius 3 is 2.37 bits per heavy atom. The molecule has 15 heteroatoms. The average molecular weight is 550 g/mol. The Balaban J connectivity index is 2.22. The third kappa shape index (κ3) is 6.93. The van der Waals surface area contributed by atoms with Crippen LogP contribution in [0.5, 0.6) is 0 Å². The lowest BCUT2D eigenvalue weighted by Crippen LogP contribution is -2.30. The van der Waals surface area contributed by atoms with Gasteiger partial charge in [0.25, 0.3) is 5.95 Å². The molecule has 2 heterocycles. The van der Waals surface area contributed by atoms with Gasteiger partial charge in [-0.05, 0) is 40.6 Å². The molecule has 0 amide bonds. The van der Waals surface area contributed by atoms with Crippen LogP contribution in [-0.4, -0.2) is 78.3 Å². The zero-order valence-electron chi connectivity index (χ0n) is 21.1. The van der Waals surface area contributed by atoms with E-state index in [1.165, 1.54) is 43.5 Å². The summed E-state index contributed by atoms with van der Waals surface area (Å²) in [7, 11) is -2.57. The van der Waals surface area contributed by atoms with Crippen molar-refractivity contribution < 1.29 is 32.9 Å². The number of benzene rings is 1. The van der Waals surface area contributed by atoms with Gasteiger partial charge in [-0.1, -0.05) is 31.1 Å². The van der Waals surface area contributed by atoms with Crippen molar-refractivity contribution in [1.82, 2.24) is 30.2 Å². The fourth-order valence-corrected chi connectivity index (χ4v) is 4.46. The van der Waals surface area contributed by atoms with Crippen LogP contribution in [0.2, 0.25) is 0 Å². The lowest BCUT2D eigenvalue weighted by molar-refractivity contribution is -0.139. The van der Waals surface area contributed by atoms with Crippen LogP contribution in [0, 0.1) is 5.82 Å². The molecule has 0 spiro atoms. The molecular formula is C23H28FN7O6S. The van der Waals surface area contributed by atoms with Crippen molar-refractivity contribution in [2.75, 3.05) is 10.6 Å². The summed E-state index contributed by atoms with van der Waals surface area (Å²) >= 11 is 0. The molecule has 0 aliphatic heterocycles. The zero-order chi connectivity index (χ0) is 28.2. The molecule has 3 N–H and O–H groups in total. The second kappa shape index (κ2) is 11.7. The SMILES string of the molecule is CC(C)c1nc(N(c2nnnn2C)S(C)(=O)=O)nc(-c2ccc(F)cc2)c1C=C[C@@H](O)C[C@@H](O)CC(=O)O. The van der Waals surface area contributed by atoms with Crippen LogP contribution in [-0.2, 0) is 21.9 Å². The second-order valence-electron chi connectivity index (χ2n) is 8.88. The van der Waals surface area contributed by atoms with Gasteiger partial charge in [-0.25, -0.2) is 27.5 Å². The van der Waals surface area contributed by atoms with Gasteiger partial charge < -0.3 is 15.3 Å². The minimum absolute atomic E-state index is 0.154. The summed E-state index contributed by atoms with van der Waals surface area (Å²) < 4.78 is 41.3. The fourth-order valence-electron chi connectivity index (χ4n) is 3.63. The summed E-state index contributed by atoms with van der Waals surface area (Å²) in [6, 6.07) is 5.37. The molecule has 38 heavy (non-hydrogen) atoms. The van der Waals surface area contributed by atoms with Gasteiger partial charge in [0, 0.05) is 24.6 Å². The highest BCUT2D eigenvalue weighted by atomic mass is 32.2. The third-order valence-electron chi connectivity index (χ3n) is 5.33. The number of aromatic nitrogens is 6. The van der Waals surface area contributed by atoms with Crippen LogP contribution in [0.25, 0.3) is 17.3 Å². The number of tetrazole rings is 1. The number of aryl methyl sites for hydroxylation is 1. The van der Waals surface area contributed by atoms with E-state index in [-0.39, 0.29) is 29.9 Å². The number of halogens is 1. The summed E-state index contributed by atoms with van der Waals surface area (Å²) in [5, 5.41) is 40.1. The number of carboxylic acids is 1. The summed E-state index contributed by atoms with van der Waals surface area (Å²) in [4.78, 5) is 19.8. The first kappa shape index (κ1) is 28.7. The highest BCUT2D eigenvalue weighted by Crippen LogP contribution is 2.33. The maximum absolute atomic E-state index is 13.7. The molecule has 0 fully saturated rings. The summed E-state index contributed by atoms with van der Waals surface area (Å²) in [5.41, 5.74) is 1.47. The normalized spacial score (nSPS) is 13.7. The average Bonchev–Trinajstić information content (AvgIpc) is 3.21. The Morgan fingerprint density at radius 1 is 1.18 bits per heavy atom. The maximum atomic E-state index is 13.7. The Labute approximate surface area is 218 Å². The predicted octanol–water partition coefficient (Wildman–Crippen LogP) is 1.63. The quantitative estimate of drug-likeness (QED) is 0.316.